The Morgan fingerprint density at radius 1 is 1.24 bits per heavy atom. The molecule has 1 saturated carbocycles. The fourth-order valence-corrected chi connectivity index (χ4v) is 3.42. The topological polar surface area (TPSA) is 15.3 Å². The molecule has 3 rings (SSSR count). The number of hydrogen-bond donors (Lipinski definition) is 1. The van der Waals surface area contributed by atoms with Crippen LogP contribution in [-0.2, 0) is 0 Å². The molecule has 0 bridgehead atoms. The molecule has 0 amide bonds. The summed E-state index contributed by atoms with van der Waals surface area (Å²) in [6, 6.07) is 5.44. The van der Waals surface area contributed by atoms with Crippen LogP contribution in [0.4, 0.5) is 4.39 Å². The van der Waals surface area contributed by atoms with Crippen LogP contribution in [-0.4, -0.2) is 31.1 Å². The highest BCUT2D eigenvalue weighted by molar-refractivity contribution is 9.10. The van der Waals surface area contributed by atoms with Crippen molar-refractivity contribution >= 4 is 40.7 Å². The van der Waals surface area contributed by atoms with Gasteiger partial charge in [0.2, 0.25) is 0 Å². The summed E-state index contributed by atoms with van der Waals surface area (Å²) in [6.07, 6.45) is 3.85. The summed E-state index contributed by atoms with van der Waals surface area (Å²) < 4.78 is 14.6. The van der Waals surface area contributed by atoms with E-state index in [0.29, 0.717) is 6.04 Å². The van der Waals surface area contributed by atoms with Crippen molar-refractivity contribution in [3.63, 3.8) is 0 Å². The van der Waals surface area contributed by atoms with Gasteiger partial charge in [-0.15, -0.1) is 24.8 Å². The van der Waals surface area contributed by atoms with Gasteiger partial charge >= 0.3 is 0 Å². The molecule has 1 saturated heterocycles. The quantitative estimate of drug-likeness (QED) is 0.816. The van der Waals surface area contributed by atoms with Gasteiger partial charge in [-0.2, -0.15) is 0 Å². The van der Waals surface area contributed by atoms with Crippen molar-refractivity contribution in [2.24, 2.45) is 5.92 Å². The van der Waals surface area contributed by atoms with Gasteiger partial charge in [0, 0.05) is 36.7 Å². The second-order valence-corrected chi connectivity index (χ2v) is 6.50. The molecular weight excluding hydrogens is 378 g/mol. The van der Waals surface area contributed by atoms with Gasteiger partial charge in [0.25, 0.3) is 0 Å². The highest BCUT2D eigenvalue weighted by Crippen LogP contribution is 2.41. The van der Waals surface area contributed by atoms with Crippen molar-refractivity contribution in [1.29, 1.82) is 0 Å². The SMILES string of the molecule is Cl.Cl.Fc1ccc(Br)c([C@@H](CC2CC2)N2CCNCC2)c1. The molecule has 2 fully saturated rings. The third-order valence-corrected chi connectivity index (χ3v) is 4.89. The first-order chi connectivity index (χ1) is 9.24. The number of hydrogen-bond acceptors (Lipinski definition) is 2. The maximum Gasteiger partial charge on any atom is 0.123 e. The van der Waals surface area contributed by atoms with Crippen LogP contribution >= 0.6 is 40.7 Å². The molecule has 1 N–H and O–H groups in total. The molecule has 0 aromatic heterocycles. The largest absolute Gasteiger partial charge is 0.314 e. The van der Waals surface area contributed by atoms with E-state index >= 15 is 0 Å². The molecule has 120 valence electrons. The zero-order chi connectivity index (χ0) is 13.2. The van der Waals surface area contributed by atoms with E-state index in [1.807, 2.05) is 6.07 Å². The Labute approximate surface area is 146 Å². The van der Waals surface area contributed by atoms with Crippen molar-refractivity contribution in [3.05, 3.63) is 34.1 Å². The van der Waals surface area contributed by atoms with Crippen LogP contribution in [0.3, 0.4) is 0 Å². The zero-order valence-electron chi connectivity index (χ0n) is 11.9. The van der Waals surface area contributed by atoms with E-state index in [-0.39, 0.29) is 30.6 Å². The predicted octanol–water partition coefficient (Wildman–Crippen LogP) is 4.18. The predicted molar refractivity (Wildman–Crippen MR) is 93.1 cm³/mol. The summed E-state index contributed by atoms with van der Waals surface area (Å²) >= 11 is 3.60. The Kier molecular flexibility index (Phi) is 7.93. The van der Waals surface area contributed by atoms with Crippen LogP contribution in [0.5, 0.6) is 0 Å². The number of rotatable bonds is 4. The van der Waals surface area contributed by atoms with Crippen molar-refractivity contribution in [2.45, 2.75) is 25.3 Å². The van der Waals surface area contributed by atoms with Crippen LogP contribution in [0.2, 0.25) is 0 Å². The molecule has 0 unspecified atom stereocenters. The second-order valence-electron chi connectivity index (χ2n) is 5.65. The van der Waals surface area contributed by atoms with Crippen molar-refractivity contribution in [1.82, 2.24) is 10.2 Å². The normalized spacial score (nSPS) is 20.3. The number of nitrogens with zero attached hydrogens (tertiary/aromatic N) is 1. The van der Waals surface area contributed by atoms with Gasteiger partial charge in [-0.05, 0) is 36.1 Å². The van der Waals surface area contributed by atoms with Gasteiger partial charge in [-0.1, -0.05) is 28.8 Å². The molecule has 0 radical (unpaired) electrons. The third kappa shape index (κ3) is 5.07. The van der Waals surface area contributed by atoms with Crippen LogP contribution in [0.15, 0.2) is 22.7 Å². The maximum atomic E-state index is 13.6. The molecular formula is C15H22BrCl2FN2. The molecule has 1 aliphatic heterocycles. The zero-order valence-corrected chi connectivity index (χ0v) is 15.1. The van der Waals surface area contributed by atoms with Crippen molar-refractivity contribution in [2.75, 3.05) is 26.2 Å². The second kappa shape index (κ2) is 8.68. The molecule has 2 nitrogen and oxygen atoms in total. The highest BCUT2D eigenvalue weighted by atomic mass is 79.9. The number of benzene rings is 1. The number of nitrogens with one attached hydrogen (secondary N) is 1. The lowest BCUT2D eigenvalue weighted by molar-refractivity contribution is 0.160. The maximum absolute atomic E-state index is 13.6. The standard InChI is InChI=1S/C15H20BrFN2.2ClH/c16-14-4-3-12(17)10-13(14)15(9-11-1-2-11)19-7-5-18-6-8-19;;/h3-4,10-11,15,18H,1-2,5-9H2;2*1H/t15-;;/m1../s1. The average molecular weight is 400 g/mol. The lowest BCUT2D eigenvalue weighted by Gasteiger charge is -2.36. The molecule has 0 spiro atoms. The summed E-state index contributed by atoms with van der Waals surface area (Å²) in [4.78, 5) is 2.51. The summed E-state index contributed by atoms with van der Waals surface area (Å²) in [5.74, 6) is 0.712. The fourth-order valence-electron chi connectivity index (χ4n) is 2.91. The Morgan fingerprint density at radius 3 is 2.52 bits per heavy atom. The van der Waals surface area contributed by atoms with Gasteiger partial charge in [0.1, 0.15) is 5.82 Å². The van der Waals surface area contributed by atoms with Crippen LogP contribution in [0, 0.1) is 11.7 Å². The van der Waals surface area contributed by atoms with Gasteiger partial charge in [0.05, 0.1) is 0 Å². The average Bonchev–Trinajstić information content (AvgIpc) is 3.24. The monoisotopic (exact) mass is 398 g/mol. The van der Waals surface area contributed by atoms with Gasteiger partial charge in [-0.3, -0.25) is 4.90 Å². The number of halogens is 4. The van der Waals surface area contributed by atoms with Crippen molar-refractivity contribution < 1.29 is 4.39 Å². The Hall–Kier alpha value is 0.130. The molecule has 6 heteroatoms. The summed E-state index contributed by atoms with van der Waals surface area (Å²) in [5.41, 5.74) is 1.12. The summed E-state index contributed by atoms with van der Waals surface area (Å²) in [5, 5.41) is 3.39. The fraction of sp³-hybridized carbons (Fsp3) is 0.600. The van der Waals surface area contributed by atoms with Gasteiger partial charge < -0.3 is 5.32 Å². The van der Waals surface area contributed by atoms with E-state index in [0.717, 1.165) is 42.1 Å². The summed E-state index contributed by atoms with van der Waals surface area (Å²) in [7, 11) is 0. The molecule has 1 aromatic rings. The minimum atomic E-state index is -0.130. The number of piperazine rings is 1. The van der Waals surface area contributed by atoms with Crippen LogP contribution in [0.1, 0.15) is 30.9 Å². The lowest BCUT2D eigenvalue weighted by atomic mass is 9.98. The molecule has 2 aliphatic rings. The Bertz CT molecular complexity index is 451. The summed E-state index contributed by atoms with van der Waals surface area (Å²) in [6.45, 7) is 4.18. The van der Waals surface area contributed by atoms with E-state index in [9.17, 15) is 4.39 Å². The van der Waals surface area contributed by atoms with E-state index in [1.54, 1.807) is 6.07 Å². The first-order valence-electron chi connectivity index (χ1n) is 7.14. The molecule has 1 aromatic carbocycles. The minimum Gasteiger partial charge on any atom is -0.314 e. The van der Waals surface area contributed by atoms with E-state index in [2.05, 4.69) is 26.1 Å². The molecule has 1 heterocycles. The van der Waals surface area contributed by atoms with E-state index < -0.39 is 0 Å². The lowest BCUT2D eigenvalue weighted by Crippen LogP contribution is -2.45. The molecule has 1 atom stereocenters. The van der Waals surface area contributed by atoms with Gasteiger partial charge in [0.15, 0.2) is 0 Å². The molecule has 21 heavy (non-hydrogen) atoms. The Morgan fingerprint density at radius 2 is 1.90 bits per heavy atom. The van der Waals surface area contributed by atoms with E-state index in [1.165, 1.54) is 25.3 Å². The third-order valence-electron chi connectivity index (χ3n) is 4.16. The first kappa shape index (κ1) is 19.2. The van der Waals surface area contributed by atoms with Crippen LogP contribution < -0.4 is 5.32 Å². The first-order valence-corrected chi connectivity index (χ1v) is 7.93. The Balaban J connectivity index is 0.00000110. The molecule has 1 aliphatic carbocycles. The van der Waals surface area contributed by atoms with Crippen LogP contribution in [0.25, 0.3) is 0 Å². The van der Waals surface area contributed by atoms with Crippen molar-refractivity contribution in [3.8, 4) is 0 Å². The highest BCUT2D eigenvalue weighted by Gasteiger charge is 2.31. The smallest absolute Gasteiger partial charge is 0.123 e. The van der Waals surface area contributed by atoms with Gasteiger partial charge in [-0.25, -0.2) is 4.39 Å². The van der Waals surface area contributed by atoms with E-state index in [4.69, 9.17) is 0 Å². The minimum absolute atomic E-state index is 0.